The first-order valence-electron chi connectivity index (χ1n) is 10.3. The lowest BCUT2D eigenvalue weighted by Crippen LogP contribution is -2.30. The van der Waals surface area contributed by atoms with Gasteiger partial charge < -0.3 is 14.6 Å². The van der Waals surface area contributed by atoms with Crippen molar-refractivity contribution in [3.8, 4) is 0 Å². The summed E-state index contributed by atoms with van der Waals surface area (Å²) < 4.78 is 18.9. The number of amides is 1. The van der Waals surface area contributed by atoms with Crippen molar-refractivity contribution in [2.24, 2.45) is 0 Å². The molecule has 3 rings (SSSR count). The first-order valence-corrected chi connectivity index (χ1v) is 10.3. The highest BCUT2D eigenvalue weighted by Gasteiger charge is 2.23. The van der Waals surface area contributed by atoms with Crippen LogP contribution in [0.2, 0.25) is 0 Å². The Kier molecular flexibility index (Phi) is 6.90. The van der Waals surface area contributed by atoms with E-state index in [9.17, 15) is 14.0 Å². The topological polar surface area (TPSA) is 62.4 Å². The van der Waals surface area contributed by atoms with Gasteiger partial charge in [0, 0.05) is 23.5 Å². The number of esters is 1. The van der Waals surface area contributed by atoms with E-state index in [0.29, 0.717) is 17.8 Å². The lowest BCUT2D eigenvalue weighted by molar-refractivity contribution is 0.0525. The zero-order valence-corrected chi connectivity index (χ0v) is 18.3. The first-order chi connectivity index (χ1) is 14.8. The van der Waals surface area contributed by atoms with Gasteiger partial charge in [-0.05, 0) is 57.0 Å². The van der Waals surface area contributed by atoms with Gasteiger partial charge in [-0.1, -0.05) is 35.9 Å². The van der Waals surface area contributed by atoms with E-state index in [1.54, 1.807) is 17.9 Å². The third-order valence-electron chi connectivity index (χ3n) is 5.22. The molecule has 5 nitrogen and oxygen atoms in total. The van der Waals surface area contributed by atoms with Gasteiger partial charge in [0.25, 0.3) is 5.91 Å². The number of nitrogens with one attached hydrogen (secondary N) is 1. The molecule has 0 bridgehead atoms. The number of halogens is 1. The highest BCUT2D eigenvalue weighted by atomic mass is 19.1. The highest BCUT2D eigenvalue weighted by Crippen LogP contribution is 2.22. The molecule has 0 aliphatic heterocycles. The maximum absolute atomic E-state index is 13.7. The number of carbonyl (C=O) groups is 2. The van der Waals surface area contributed by atoms with Gasteiger partial charge in [-0.2, -0.15) is 0 Å². The summed E-state index contributed by atoms with van der Waals surface area (Å²) in [6.45, 7) is 8.29. The number of ether oxygens (including phenoxy) is 1. The molecule has 31 heavy (non-hydrogen) atoms. The number of benzene rings is 2. The van der Waals surface area contributed by atoms with E-state index < -0.39 is 5.82 Å². The van der Waals surface area contributed by atoms with E-state index in [0.717, 1.165) is 22.4 Å². The Bertz CT molecular complexity index is 1090. The summed E-state index contributed by atoms with van der Waals surface area (Å²) in [5.74, 6) is -1.14. The summed E-state index contributed by atoms with van der Waals surface area (Å²) in [4.78, 5) is 30.5. The molecule has 0 saturated heterocycles. The van der Waals surface area contributed by atoms with Crippen LogP contribution < -0.4 is 0 Å². The smallest absolute Gasteiger partial charge is 0.340 e. The number of aryl methyl sites for hydroxylation is 2. The van der Waals surface area contributed by atoms with Crippen LogP contribution in [0.4, 0.5) is 4.39 Å². The lowest BCUT2D eigenvalue weighted by atomic mass is 10.1. The molecular weight excluding hydrogens is 395 g/mol. The van der Waals surface area contributed by atoms with Crippen molar-refractivity contribution >= 4 is 11.9 Å². The number of carbonyl (C=O) groups excluding carboxylic acids is 2. The Morgan fingerprint density at radius 2 is 1.74 bits per heavy atom. The van der Waals surface area contributed by atoms with Gasteiger partial charge in [-0.3, -0.25) is 4.79 Å². The van der Waals surface area contributed by atoms with Crippen LogP contribution in [0.1, 0.15) is 55.7 Å². The van der Waals surface area contributed by atoms with Crippen molar-refractivity contribution in [3.05, 3.63) is 93.6 Å². The van der Waals surface area contributed by atoms with Crippen molar-refractivity contribution in [1.29, 1.82) is 0 Å². The van der Waals surface area contributed by atoms with E-state index in [1.165, 1.54) is 18.2 Å². The Hall–Kier alpha value is -3.41. The summed E-state index contributed by atoms with van der Waals surface area (Å²) in [5.41, 5.74) is 5.04. The van der Waals surface area contributed by atoms with E-state index in [-0.39, 0.29) is 30.6 Å². The fourth-order valence-corrected chi connectivity index (χ4v) is 3.59. The molecule has 0 spiro atoms. The van der Waals surface area contributed by atoms with Crippen LogP contribution in [0, 0.1) is 26.6 Å². The quantitative estimate of drug-likeness (QED) is 0.539. The van der Waals surface area contributed by atoms with Crippen molar-refractivity contribution < 1.29 is 18.7 Å². The molecule has 1 aromatic heterocycles. The molecular formula is C25H27FN2O3. The van der Waals surface area contributed by atoms with E-state index >= 15 is 0 Å². The van der Waals surface area contributed by atoms with Crippen LogP contribution in [0.3, 0.4) is 0 Å². The predicted molar refractivity (Wildman–Crippen MR) is 117 cm³/mol. The highest BCUT2D eigenvalue weighted by molar-refractivity contribution is 5.95. The fourth-order valence-electron chi connectivity index (χ4n) is 3.59. The SMILES string of the molecule is CCOC(=O)c1c(C)[nH]c(CN(Cc2ccc(C)cc2)C(=O)c2cccc(F)c2)c1C. The molecule has 0 atom stereocenters. The second kappa shape index (κ2) is 9.60. The molecule has 0 saturated carbocycles. The van der Waals surface area contributed by atoms with Gasteiger partial charge in [0.1, 0.15) is 5.82 Å². The van der Waals surface area contributed by atoms with Crippen LogP contribution >= 0.6 is 0 Å². The largest absolute Gasteiger partial charge is 0.462 e. The van der Waals surface area contributed by atoms with E-state index in [2.05, 4.69) is 4.98 Å². The van der Waals surface area contributed by atoms with Crippen LogP contribution in [-0.2, 0) is 17.8 Å². The lowest BCUT2D eigenvalue weighted by Gasteiger charge is -2.23. The minimum absolute atomic E-state index is 0.245. The molecule has 1 N–H and O–H groups in total. The molecule has 1 heterocycles. The van der Waals surface area contributed by atoms with Crippen LogP contribution in [0.15, 0.2) is 48.5 Å². The van der Waals surface area contributed by atoms with Gasteiger partial charge >= 0.3 is 5.97 Å². The first kappa shape index (κ1) is 22.3. The maximum atomic E-state index is 13.7. The van der Waals surface area contributed by atoms with Crippen molar-refractivity contribution in [3.63, 3.8) is 0 Å². The number of aromatic amines is 1. The van der Waals surface area contributed by atoms with E-state index in [1.807, 2.05) is 45.0 Å². The minimum Gasteiger partial charge on any atom is -0.462 e. The summed E-state index contributed by atoms with van der Waals surface area (Å²) in [5, 5.41) is 0. The van der Waals surface area contributed by atoms with Crippen LogP contribution in [0.25, 0.3) is 0 Å². The molecule has 2 aromatic carbocycles. The van der Waals surface area contributed by atoms with E-state index in [4.69, 9.17) is 4.74 Å². The number of hydrogen-bond donors (Lipinski definition) is 1. The Morgan fingerprint density at radius 1 is 1.03 bits per heavy atom. The third-order valence-corrected chi connectivity index (χ3v) is 5.22. The molecule has 162 valence electrons. The molecule has 6 heteroatoms. The molecule has 3 aromatic rings. The number of rotatable bonds is 7. The van der Waals surface area contributed by atoms with Crippen molar-refractivity contribution in [2.45, 2.75) is 40.8 Å². The van der Waals surface area contributed by atoms with Gasteiger partial charge in [0.2, 0.25) is 0 Å². The number of aromatic nitrogens is 1. The standard InChI is InChI=1S/C25H27FN2O3/c1-5-31-25(30)23-17(3)22(27-18(23)4)15-28(14-19-11-9-16(2)10-12-19)24(29)20-7-6-8-21(26)13-20/h6-13,27H,5,14-15H2,1-4H3. The van der Waals surface area contributed by atoms with Gasteiger partial charge in [-0.15, -0.1) is 0 Å². The van der Waals surface area contributed by atoms with Crippen molar-refractivity contribution in [1.82, 2.24) is 9.88 Å². The molecule has 0 aliphatic carbocycles. The maximum Gasteiger partial charge on any atom is 0.340 e. The van der Waals surface area contributed by atoms with Gasteiger partial charge in [0.05, 0.1) is 18.7 Å². The fraction of sp³-hybridized carbons (Fsp3) is 0.280. The third kappa shape index (κ3) is 5.20. The second-order valence-electron chi connectivity index (χ2n) is 7.61. The Balaban J connectivity index is 1.95. The zero-order chi connectivity index (χ0) is 22.5. The summed E-state index contributed by atoms with van der Waals surface area (Å²) in [6, 6.07) is 13.6. The second-order valence-corrected chi connectivity index (χ2v) is 7.61. The van der Waals surface area contributed by atoms with Crippen molar-refractivity contribution in [2.75, 3.05) is 6.61 Å². The number of nitrogens with zero attached hydrogens (tertiary/aromatic N) is 1. The normalized spacial score (nSPS) is 10.7. The Labute approximate surface area is 181 Å². The monoisotopic (exact) mass is 422 g/mol. The molecule has 0 aliphatic rings. The molecule has 0 radical (unpaired) electrons. The minimum atomic E-state index is -0.461. The van der Waals surface area contributed by atoms with Crippen LogP contribution in [0.5, 0.6) is 0 Å². The molecule has 0 unspecified atom stereocenters. The number of H-pyrrole nitrogens is 1. The number of hydrogen-bond acceptors (Lipinski definition) is 3. The zero-order valence-electron chi connectivity index (χ0n) is 18.3. The Morgan fingerprint density at radius 3 is 2.39 bits per heavy atom. The summed E-state index contributed by atoms with van der Waals surface area (Å²) in [7, 11) is 0. The average molecular weight is 423 g/mol. The summed E-state index contributed by atoms with van der Waals surface area (Å²) >= 11 is 0. The van der Waals surface area contributed by atoms with Gasteiger partial charge in [0.15, 0.2) is 0 Å². The van der Waals surface area contributed by atoms with Gasteiger partial charge in [-0.25, -0.2) is 9.18 Å². The summed E-state index contributed by atoms with van der Waals surface area (Å²) in [6.07, 6.45) is 0. The average Bonchev–Trinajstić information content (AvgIpc) is 3.01. The van der Waals surface area contributed by atoms with Crippen LogP contribution in [-0.4, -0.2) is 28.4 Å². The predicted octanol–water partition coefficient (Wildman–Crippen LogP) is 5.10. The molecule has 1 amide bonds. The molecule has 0 fully saturated rings.